The van der Waals surface area contributed by atoms with Gasteiger partial charge in [-0.3, -0.25) is 0 Å². The largest absolute Gasteiger partial charge is 0.478 e. The molecule has 0 aliphatic rings. The van der Waals surface area contributed by atoms with E-state index >= 15 is 0 Å². The summed E-state index contributed by atoms with van der Waals surface area (Å²) < 4.78 is 0. The van der Waals surface area contributed by atoms with Gasteiger partial charge in [0.1, 0.15) is 0 Å². The van der Waals surface area contributed by atoms with Crippen molar-refractivity contribution >= 4 is 11.9 Å². The number of carbonyl (C=O) groups is 2. The van der Waals surface area contributed by atoms with E-state index in [-0.39, 0.29) is 0 Å². The normalized spacial score (nSPS) is 11.9. The molecule has 0 rings (SSSR count). The summed E-state index contributed by atoms with van der Waals surface area (Å²) in [5.74, 6) is -1.68. The third kappa shape index (κ3) is 42.2. The third-order valence-electron chi connectivity index (χ3n) is 8.92. The van der Waals surface area contributed by atoms with Crippen LogP contribution in [0.25, 0.3) is 0 Å². The molecule has 0 heterocycles. The molecular weight excluding hydrogens is 556 g/mol. The van der Waals surface area contributed by atoms with E-state index in [1.807, 2.05) is 0 Å². The van der Waals surface area contributed by atoms with Crippen LogP contribution in [0.3, 0.4) is 0 Å². The van der Waals surface area contributed by atoms with Gasteiger partial charge in [0, 0.05) is 12.2 Å². The first kappa shape index (κ1) is 43.2. The molecule has 0 unspecified atom stereocenters. The maximum Gasteiger partial charge on any atom is 0.327 e. The molecule has 0 aromatic carbocycles. The van der Waals surface area contributed by atoms with E-state index in [1.165, 1.54) is 198 Å². The Morgan fingerprint density at radius 2 is 0.422 bits per heavy atom. The van der Waals surface area contributed by atoms with Gasteiger partial charge in [-0.2, -0.15) is 0 Å². The summed E-state index contributed by atoms with van der Waals surface area (Å²) in [5.41, 5.74) is 0. The Morgan fingerprint density at radius 3 is 0.600 bits per heavy atom. The van der Waals surface area contributed by atoms with Crippen molar-refractivity contribution in [2.45, 2.75) is 212 Å². The molecule has 0 bridgehead atoms. The highest BCUT2D eigenvalue weighted by Crippen LogP contribution is 2.16. The van der Waals surface area contributed by atoms with Crippen LogP contribution in [0.1, 0.15) is 212 Å². The maximum absolute atomic E-state index is 10.4. The number of rotatable bonds is 37. The Hall–Kier alpha value is -1.84. The summed E-state index contributed by atoms with van der Waals surface area (Å²) >= 11 is 0. The first-order chi connectivity index (χ1) is 22.1. The van der Waals surface area contributed by atoms with E-state index in [0.717, 1.165) is 25.7 Å². The lowest BCUT2D eigenvalue weighted by Gasteiger charge is -2.04. The van der Waals surface area contributed by atoms with Crippen molar-refractivity contribution in [3.8, 4) is 0 Å². The smallest absolute Gasteiger partial charge is 0.327 e. The Kier molecular flexibility index (Phi) is 36.8. The van der Waals surface area contributed by atoms with Gasteiger partial charge in [0.15, 0.2) is 0 Å². The number of allylic oxidation sites excluding steroid dienone is 4. The second-order valence-corrected chi connectivity index (χ2v) is 13.4. The molecule has 0 atom stereocenters. The molecule has 0 aliphatic carbocycles. The molecule has 262 valence electrons. The summed E-state index contributed by atoms with van der Waals surface area (Å²) in [5, 5.41) is 17.1. The van der Waals surface area contributed by atoms with E-state index in [2.05, 4.69) is 12.2 Å². The number of carboxylic acid groups (broad SMARTS) is 2. The lowest BCUT2D eigenvalue weighted by Crippen LogP contribution is -1.86. The van der Waals surface area contributed by atoms with Gasteiger partial charge in [0.25, 0.3) is 0 Å². The van der Waals surface area contributed by atoms with Crippen molar-refractivity contribution in [3.05, 3.63) is 36.5 Å². The predicted molar refractivity (Wildman–Crippen MR) is 195 cm³/mol. The van der Waals surface area contributed by atoms with Gasteiger partial charge in [0.05, 0.1) is 0 Å². The Balaban J connectivity index is 3.12. The van der Waals surface area contributed by atoms with Gasteiger partial charge in [-0.25, -0.2) is 9.59 Å². The molecule has 0 amide bonds. The van der Waals surface area contributed by atoms with Crippen molar-refractivity contribution in [2.24, 2.45) is 0 Å². The highest BCUT2D eigenvalue weighted by atomic mass is 16.4. The average molecular weight is 631 g/mol. The quantitative estimate of drug-likeness (QED) is 0.0407. The van der Waals surface area contributed by atoms with Gasteiger partial charge < -0.3 is 10.2 Å². The first-order valence-corrected chi connectivity index (χ1v) is 19.6. The van der Waals surface area contributed by atoms with E-state index in [9.17, 15) is 9.59 Å². The second kappa shape index (κ2) is 38.3. The number of unbranched alkanes of at least 4 members (excludes halogenated alkanes) is 31. The van der Waals surface area contributed by atoms with Crippen molar-refractivity contribution in [2.75, 3.05) is 0 Å². The Bertz CT molecular complexity index is 708. The zero-order chi connectivity index (χ0) is 32.7. The standard InChI is InChI=1S/C41H74O4/c42-40(43)38-36-34-32-30-28-26-24-22-20-18-16-14-12-10-8-6-4-2-1-3-5-7-9-11-13-15-17-19-21-23-25-27-29-31-33-35-37-39-41(44)45/h20,22,36-39H,1-19,21,23-35H2,(H,42,43)(H,44,45). The molecule has 2 N–H and O–H groups in total. The molecule has 0 radical (unpaired) electrons. The number of hydrogen-bond donors (Lipinski definition) is 2. The minimum absolute atomic E-state index is 0.834. The van der Waals surface area contributed by atoms with Gasteiger partial charge in [0.2, 0.25) is 0 Å². The highest BCUT2D eigenvalue weighted by Gasteiger charge is 1.97. The molecule has 0 aromatic rings. The summed E-state index contributed by atoms with van der Waals surface area (Å²) in [6.45, 7) is 0. The fraction of sp³-hybridized carbons (Fsp3) is 0.805. The maximum atomic E-state index is 10.4. The van der Waals surface area contributed by atoms with Crippen LogP contribution in [0.15, 0.2) is 36.5 Å². The zero-order valence-corrected chi connectivity index (χ0v) is 29.5. The van der Waals surface area contributed by atoms with Crippen molar-refractivity contribution in [1.29, 1.82) is 0 Å². The van der Waals surface area contributed by atoms with Crippen LogP contribution in [0.5, 0.6) is 0 Å². The molecule has 0 saturated carbocycles. The molecule has 0 saturated heterocycles. The fourth-order valence-corrected chi connectivity index (χ4v) is 6.07. The minimum Gasteiger partial charge on any atom is -0.478 e. The van der Waals surface area contributed by atoms with E-state index in [0.29, 0.717) is 0 Å². The van der Waals surface area contributed by atoms with Crippen LogP contribution < -0.4 is 0 Å². The molecule has 0 aliphatic heterocycles. The van der Waals surface area contributed by atoms with Gasteiger partial charge in [-0.05, 0) is 51.4 Å². The van der Waals surface area contributed by atoms with Crippen molar-refractivity contribution < 1.29 is 19.8 Å². The van der Waals surface area contributed by atoms with Gasteiger partial charge >= 0.3 is 11.9 Å². The van der Waals surface area contributed by atoms with Gasteiger partial charge in [-0.15, -0.1) is 0 Å². The monoisotopic (exact) mass is 631 g/mol. The summed E-state index contributed by atoms with van der Waals surface area (Å²) in [4.78, 5) is 20.8. The lowest BCUT2D eigenvalue weighted by molar-refractivity contribution is -0.132. The average Bonchev–Trinajstić information content (AvgIpc) is 3.02. The summed E-state index contributed by atoms with van der Waals surface area (Å²) in [6, 6.07) is 0. The fourth-order valence-electron chi connectivity index (χ4n) is 6.07. The molecule has 0 fully saturated rings. The van der Waals surface area contributed by atoms with Crippen LogP contribution >= 0.6 is 0 Å². The van der Waals surface area contributed by atoms with Crippen molar-refractivity contribution in [1.82, 2.24) is 0 Å². The van der Waals surface area contributed by atoms with E-state index < -0.39 is 11.9 Å². The minimum atomic E-state index is -0.842. The molecule has 45 heavy (non-hydrogen) atoms. The van der Waals surface area contributed by atoms with Gasteiger partial charge in [-0.1, -0.05) is 185 Å². The number of hydrogen-bond acceptors (Lipinski definition) is 2. The third-order valence-corrected chi connectivity index (χ3v) is 8.92. The van der Waals surface area contributed by atoms with Crippen LogP contribution in [-0.2, 0) is 9.59 Å². The summed E-state index contributed by atoms with van der Waals surface area (Å²) in [7, 11) is 0. The second-order valence-electron chi connectivity index (χ2n) is 13.4. The zero-order valence-electron chi connectivity index (χ0n) is 29.5. The predicted octanol–water partition coefficient (Wildman–Crippen LogP) is 13.7. The van der Waals surface area contributed by atoms with Crippen LogP contribution in [0, 0.1) is 0 Å². The van der Waals surface area contributed by atoms with Crippen LogP contribution in [0.4, 0.5) is 0 Å². The topological polar surface area (TPSA) is 74.6 Å². The van der Waals surface area contributed by atoms with Crippen LogP contribution in [0.2, 0.25) is 0 Å². The Morgan fingerprint density at radius 1 is 0.267 bits per heavy atom. The SMILES string of the molecule is O=C(O)C=CCCCCCCC=CCCCCCCCCCCCCCCCCCCCCCCCCCCCC=CC(=O)O. The molecular formula is C41H74O4. The molecule has 0 aromatic heterocycles. The lowest BCUT2D eigenvalue weighted by atomic mass is 10.0. The van der Waals surface area contributed by atoms with Crippen molar-refractivity contribution in [3.63, 3.8) is 0 Å². The molecule has 0 spiro atoms. The molecule has 4 heteroatoms. The Labute approximate surface area is 279 Å². The van der Waals surface area contributed by atoms with Crippen LogP contribution in [-0.4, -0.2) is 22.2 Å². The first-order valence-electron chi connectivity index (χ1n) is 19.6. The highest BCUT2D eigenvalue weighted by molar-refractivity contribution is 5.79. The number of aliphatic carboxylic acids is 2. The summed E-state index contributed by atoms with van der Waals surface area (Å²) in [6.07, 6.45) is 54.6. The van der Waals surface area contributed by atoms with E-state index in [4.69, 9.17) is 10.2 Å². The number of carboxylic acids is 2. The molecule has 4 nitrogen and oxygen atoms in total. The van der Waals surface area contributed by atoms with E-state index in [1.54, 1.807) is 12.2 Å².